The first kappa shape index (κ1) is 31.4. The van der Waals surface area contributed by atoms with E-state index in [0.29, 0.717) is 66.2 Å². The average Bonchev–Trinajstić information content (AvgIpc) is 3.73. The van der Waals surface area contributed by atoms with Crippen LogP contribution in [-0.2, 0) is 11.2 Å². The number of benzene rings is 1. The van der Waals surface area contributed by atoms with Gasteiger partial charge in [-0.05, 0) is 62.6 Å². The summed E-state index contributed by atoms with van der Waals surface area (Å²) in [5.74, 6) is -0.485. The molecule has 0 bridgehead atoms. The maximum Gasteiger partial charge on any atom is 0.297 e. The van der Waals surface area contributed by atoms with E-state index in [1.54, 1.807) is 12.3 Å². The minimum atomic E-state index is -0.924. The molecule has 11 nitrogen and oxygen atoms in total. The molecule has 0 aliphatic carbocycles. The molecule has 4 N–H and O–H groups in total. The third-order valence-electron chi connectivity index (χ3n) is 9.68. The number of β-amino-alcohol motifs (C(OH)–C–C–N with tert-alkyl or cyclic N) is 1. The molecular weight excluding hydrogens is 620 g/mol. The molecule has 3 aliphatic heterocycles. The molecule has 7 rings (SSSR count). The van der Waals surface area contributed by atoms with Gasteiger partial charge in [0.2, 0.25) is 0 Å². The number of nitrogens with one attached hydrogen (secondary N) is 3. The van der Waals surface area contributed by atoms with Gasteiger partial charge in [0.05, 0.1) is 35.3 Å². The van der Waals surface area contributed by atoms with Crippen molar-refractivity contribution in [3.8, 4) is 17.3 Å². The van der Waals surface area contributed by atoms with Crippen LogP contribution in [0.4, 0.5) is 8.78 Å². The molecule has 6 heterocycles. The summed E-state index contributed by atoms with van der Waals surface area (Å²) in [5, 5.41) is 21.2. The van der Waals surface area contributed by atoms with Gasteiger partial charge in [0.15, 0.2) is 5.82 Å². The highest BCUT2D eigenvalue weighted by Crippen LogP contribution is 2.41. The first-order valence-corrected chi connectivity index (χ1v) is 16.4. The Morgan fingerprint density at radius 2 is 2.11 bits per heavy atom. The maximum absolute atomic E-state index is 16.5. The molecule has 46 heavy (non-hydrogen) atoms. The number of ether oxygens (including phenoxy) is 2. The monoisotopic (exact) mass is 657 g/mol. The van der Waals surface area contributed by atoms with Crippen LogP contribution in [0.2, 0.25) is 5.02 Å². The fourth-order valence-corrected chi connectivity index (χ4v) is 7.74. The number of halogens is 3. The molecule has 3 fully saturated rings. The second-order valence-electron chi connectivity index (χ2n) is 12.9. The molecule has 0 radical (unpaired) electrons. The molecule has 4 aromatic rings. The van der Waals surface area contributed by atoms with Crippen LogP contribution in [0.1, 0.15) is 44.1 Å². The number of unbranched alkanes of at least 4 members (excludes halogenated alkanes) is 1. The number of pyridine rings is 1. The summed E-state index contributed by atoms with van der Waals surface area (Å²) in [7, 11) is 0. The van der Waals surface area contributed by atoms with Crippen LogP contribution in [0.25, 0.3) is 33.1 Å². The first-order valence-electron chi connectivity index (χ1n) is 16.0. The van der Waals surface area contributed by atoms with Gasteiger partial charge in [-0.15, -0.1) is 0 Å². The Kier molecular flexibility index (Phi) is 8.94. The highest BCUT2D eigenvalue weighted by molar-refractivity contribution is 6.33. The Balaban J connectivity index is 1.13. The fraction of sp³-hybridized carbons (Fsp3) is 0.562. The molecule has 0 amide bonds. The second kappa shape index (κ2) is 13.1. The number of hydrogen-bond acceptors (Lipinski definition) is 9. The van der Waals surface area contributed by atoms with E-state index in [1.165, 1.54) is 6.20 Å². The lowest BCUT2D eigenvalue weighted by Gasteiger charge is -2.30. The molecular formula is C32H38ClF2N7O4. The number of aromatic amines is 2. The number of H-pyrrole nitrogens is 2. The summed E-state index contributed by atoms with van der Waals surface area (Å²) < 4.78 is 42.5. The van der Waals surface area contributed by atoms with Crippen LogP contribution in [0, 0.1) is 11.7 Å². The van der Waals surface area contributed by atoms with E-state index in [4.69, 9.17) is 21.1 Å². The van der Waals surface area contributed by atoms with E-state index in [9.17, 15) is 14.3 Å². The van der Waals surface area contributed by atoms with Crippen LogP contribution in [0.3, 0.4) is 0 Å². The number of aliphatic hydroxyl groups is 1. The minimum absolute atomic E-state index is 0.0104. The highest BCUT2D eigenvalue weighted by Gasteiger charge is 2.49. The van der Waals surface area contributed by atoms with Crippen molar-refractivity contribution in [3.63, 3.8) is 0 Å². The first-order chi connectivity index (χ1) is 22.3. The maximum atomic E-state index is 16.5. The summed E-state index contributed by atoms with van der Waals surface area (Å²) in [6, 6.07) is 1.65. The summed E-state index contributed by atoms with van der Waals surface area (Å²) in [6.45, 7) is 3.91. The minimum Gasteiger partial charge on any atom is -0.463 e. The molecule has 14 heteroatoms. The summed E-state index contributed by atoms with van der Waals surface area (Å²) in [6.07, 6.45) is 6.51. The molecule has 1 aromatic carbocycles. The Bertz CT molecular complexity index is 1790. The number of hydrogen-bond donors (Lipinski definition) is 4. The lowest BCUT2D eigenvalue weighted by molar-refractivity contribution is 0.0487. The van der Waals surface area contributed by atoms with Crippen LogP contribution in [-0.4, -0.2) is 99.0 Å². The van der Waals surface area contributed by atoms with Crippen molar-refractivity contribution in [2.45, 2.75) is 62.8 Å². The summed E-state index contributed by atoms with van der Waals surface area (Å²) in [5.41, 5.74) is 0.648. The number of rotatable bonds is 11. The standard InChI is InChI=1S/C32H38ClF2N7O4/c33-24-9-25-22(14-38-41-25)26(21(24)4-1-2-7-45-16-18-8-20(43)12-36-11-18)29-27(35)28-23(13-37-29)30(44)40-31(39-28)46-17-32-5-3-6-42(32)15-19(34)10-32/h9,13-14,18-20,36,43H,1-8,10-12,15-17H2,(H,38,41)(H,39,40,44)/t18-,19+,20+,32-/m0/s1. The quantitative estimate of drug-likeness (QED) is 0.177. The van der Waals surface area contributed by atoms with Gasteiger partial charge < -0.3 is 19.9 Å². The van der Waals surface area contributed by atoms with Gasteiger partial charge in [-0.1, -0.05) is 11.6 Å². The van der Waals surface area contributed by atoms with Crippen molar-refractivity contribution in [2.24, 2.45) is 5.92 Å². The number of nitrogens with zero attached hydrogens (tertiary/aromatic N) is 4. The van der Waals surface area contributed by atoms with Gasteiger partial charge >= 0.3 is 0 Å². The Morgan fingerprint density at radius 3 is 2.98 bits per heavy atom. The molecule has 3 aliphatic rings. The van der Waals surface area contributed by atoms with Crippen LogP contribution in [0.15, 0.2) is 23.3 Å². The normalized spacial score (nSPS) is 25.1. The van der Waals surface area contributed by atoms with Gasteiger partial charge in [-0.2, -0.15) is 10.1 Å². The zero-order chi connectivity index (χ0) is 31.8. The van der Waals surface area contributed by atoms with Crippen LogP contribution < -0.4 is 15.6 Å². The Hall–Kier alpha value is -3.23. The molecule has 3 saturated heterocycles. The highest BCUT2D eigenvalue weighted by atomic mass is 35.5. The SMILES string of the molecule is O=c1[nH]c(OC[C@@]23CCCN2C[C@H](F)C3)nc2c(F)c(-c3c(CCCCOC[C@@H]4CNC[C@H](O)C4)c(Cl)cc4[nH]ncc34)ncc12. The lowest BCUT2D eigenvalue weighted by atomic mass is 9.95. The topological polar surface area (TPSA) is 141 Å². The van der Waals surface area contributed by atoms with E-state index >= 15 is 4.39 Å². The molecule has 4 atom stereocenters. The van der Waals surface area contributed by atoms with Crippen molar-refractivity contribution < 1.29 is 23.4 Å². The number of aromatic nitrogens is 5. The molecule has 3 aromatic heterocycles. The summed E-state index contributed by atoms with van der Waals surface area (Å²) in [4.78, 5) is 26.5. The smallest absolute Gasteiger partial charge is 0.297 e. The predicted molar refractivity (Wildman–Crippen MR) is 170 cm³/mol. The summed E-state index contributed by atoms with van der Waals surface area (Å²) >= 11 is 6.77. The predicted octanol–water partition coefficient (Wildman–Crippen LogP) is 3.92. The molecule has 0 saturated carbocycles. The van der Waals surface area contributed by atoms with E-state index in [0.717, 1.165) is 45.2 Å². The van der Waals surface area contributed by atoms with E-state index in [-0.39, 0.29) is 41.2 Å². The van der Waals surface area contributed by atoms with Crippen molar-refractivity contribution in [1.82, 2.24) is 35.4 Å². The van der Waals surface area contributed by atoms with Gasteiger partial charge in [0, 0.05) is 54.8 Å². The van der Waals surface area contributed by atoms with Crippen molar-refractivity contribution in [3.05, 3.63) is 45.2 Å². The van der Waals surface area contributed by atoms with E-state index in [1.807, 2.05) is 0 Å². The van der Waals surface area contributed by atoms with Crippen LogP contribution >= 0.6 is 11.6 Å². The van der Waals surface area contributed by atoms with Crippen molar-refractivity contribution in [2.75, 3.05) is 46.0 Å². The van der Waals surface area contributed by atoms with Gasteiger partial charge in [-0.3, -0.25) is 24.8 Å². The average molecular weight is 658 g/mol. The van der Waals surface area contributed by atoms with Crippen molar-refractivity contribution in [1.29, 1.82) is 0 Å². The third kappa shape index (κ3) is 6.11. The van der Waals surface area contributed by atoms with Crippen molar-refractivity contribution >= 4 is 33.4 Å². The van der Waals surface area contributed by atoms with E-state index < -0.39 is 23.1 Å². The molecule has 246 valence electrons. The molecule has 0 spiro atoms. The number of alkyl halides is 1. The third-order valence-corrected chi connectivity index (χ3v) is 10.0. The Morgan fingerprint density at radius 1 is 1.22 bits per heavy atom. The second-order valence-corrected chi connectivity index (χ2v) is 13.3. The molecule has 0 unspecified atom stereocenters. The zero-order valence-electron chi connectivity index (χ0n) is 25.5. The van der Waals surface area contributed by atoms with Gasteiger partial charge in [0.1, 0.15) is 24.0 Å². The zero-order valence-corrected chi connectivity index (χ0v) is 26.2. The van der Waals surface area contributed by atoms with Crippen LogP contribution in [0.5, 0.6) is 6.01 Å². The fourth-order valence-electron chi connectivity index (χ4n) is 7.45. The number of aliphatic hydroxyl groups excluding tert-OH is 1. The Labute approximate surface area is 269 Å². The number of fused-ring (bicyclic) bond motifs is 3. The van der Waals surface area contributed by atoms with E-state index in [2.05, 4.69) is 35.4 Å². The van der Waals surface area contributed by atoms with Gasteiger partial charge in [0.25, 0.3) is 11.6 Å². The largest absolute Gasteiger partial charge is 0.463 e. The van der Waals surface area contributed by atoms with Gasteiger partial charge in [-0.25, -0.2) is 8.78 Å². The lowest BCUT2D eigenvalue weighted by Crippen LogP contribution is -2.43. The number of piperidine rings is 1.